The molecular weight excluding hydrogens is 396 g/mol. The lowest BCUT2D eigenvalue weighted by Gasteiger charge is -2.08. The van der Waals surface area contributed by atoms with Crippen molar-refractivity contribution in [2.75, 3.05) is 25.6 Å². The largest absolute Gasteiger partial charge is 0.460 e. The average Bonchev–Trinajstić information content (AvgIpc) is 3.10. The molecule has 0 fully saturated rings. The van der Waals surface area contributed by atoms with Crippen molar-refractivity contribution < 1.29 is 23.6 Å². The summed E-state index contributed by atoms with van der Waals surface area (Å²) in [7, 11) is 1.53. The molecule has 0 aliphatic rings. The van der Waals surface area contributed by atoms with Crippen LogP contribution in [0.3, 0.4) is 0 Å². The van der Waals surface area contributed by atoms with Gasteiger partial charge in [0.05, 0.1) is 17.2 Å². The lowest BCUT2D eigenvalue weighted by molar-refractivity contribution is 0.0388. The Bertz CT molecular complexity index is 1010. The van der Waals surface area contributed by atoms with E-state index in [0.29, 0.717) is 45.5 Å². The minimum Gasteiger partial charge on any atom is -0.460 e. The van der Waals surface area contributed by atoms with Crippen LogP contribution in [0.15, 0.2) is 53.1 Å². The lowest BCUT2D eigenvalue weighted by Crippen LogP contribution is -2.14. The molecule has 2 aromatic carbocycles. The first-order chi connectivity index (χ1) is 14.0. The molecule has 7 nitrogen and oxygen atoms in total. The fraction of sp³-hybridized carbons (Fsp3) is 0.190. The standard InChI is InChI=1S/C21H19ClN2O5/c1-13-18(19(24-29-13)16-5-3-4-6-17(16)22)20(25)23-15-9-7-14(8-10-15)21(26)28-12-11-27-2/h3-10H,11-12H2,1-2H3,(H,23,25). The van der Waals surface area contributed by atoms with Gasteiger partial charge in [-0.15, -0.1) is 0 Å². The van der Waals surface area contributed by atoms with Gasteiger partial charge in [0.2, 0.25) is 0 Å². The molecule has 1 N–H and O–H groups in total. The molecule has 0 radical (unpaired) electrons. The Morgan fingerprint density at radius 3 is 2.52 bits per heavy atom. The first-order valence-electron chi connectivity index (χ1n) is 8.80. The molecule has 150 valence electrons. The quantitative estimate of drug-likeness (QED) is 0.456. The number of nitrogens with one attached hydrogen (secondary N) is 1. The predicted octanol–water partition coefficient (Wildman–Crippen LogP) is 4.36. The molecule has 1 aromatic heterocycles. The Morgan fingerprint density at radius 1 is 1.10 bits per heavy atom. The second-order valence-corrected chi connectivity index (χ2v) is 6.51. The van der Waals surface area contributed by atoms with Crippen molar-refractivity contribution in [1.82, 2.24) is 5.16 Å². The molecule has 0 bridgehead atoms. The number of amides is 1. The van der Waals surface area contributed by atoms with Crippen LogP contribution in [0, 0.1) is 6.92 Å². The first kappa shape index (κ1) is 20.6. The van der Waals surface area contributed by atoms with Crippen LogP contribution in [0.1, 0.15) is 26.5 Å². The zero-order valence-corrected chi connectivity index (χ0v) is 16.7. The van der Waals surface area contributed by atoms with Gasteiger partial charge in [0.25, 0.3) is 5.91 Å². The van der Waals surface area contributed by atoms with Crippen LogP contribution in [0.4, 0.5) is 5.69 Å². The fourth-order valence-corrected chi connectivity index (χ4v) is 2.89. The number of ether oxygens (including phenoxy) is 2. The SMILES string of the molecule is COCCOC(=O)c1ccc(NC(=O)c2c(-c3ccccc3Cl)noc2C)cc1. The van der Waals surface area contributed by atoms with E-state index in [1.54, 1.807) is 55.5 Å². The Morgan fingerprint density at radius 2 is 1.83 bits per heavy atom. The van der Waals surface area contributed by atoms with Gasteiger partial charge >= 0.3 is 5.97 Å². The first-order valence-corrected chi connectivity index (χ1v) is 9.17. The number of methoxy groups -OCH3 is 1. The van der Waals surface area contributed by atoms with Crippen LogP contribution >= 0.6 is 11.6 Å². The maximum absolute atomic E-state index is 12.8. The molecule has 0 aliphatic carbocycles. The van der Waals surface area contributed by atoms with Gasteiger partial charge in [-0.1, -0.05) is 35.0 Å². The highest BCUT2D eigenvalue weighted by molar-refractivity contribution is 6.33. The van der Waals surface area contributed by atoms with Crippen LogP contribution in [0.5, 0.6) is 0 Å². The smallest absolute Gasteiger partial charge is 0.338 e. The molecule has 0 saturated heterocycles. The number of carbonyl (C=O) groups is 2. The minimum atomic E-state index is -0.462. The number of aryl methyl sites for hydroxylation is 1. The van der Waals surface area contributed by atoms with E-state index in [2.05, 4.69) is 10.5 Å². The molecule has 8 heteroatoms. The van der Waals surface area contributed by atoms with E-state index < -0.39 is 11.9 Å². The van der Waals surface area contributed by atoms with Crippen molar-refractivity contribution in [3.63, 3.8) is 0 Å². The maximum atomic E-state index is 12.8. The highest BCUT2D eigenvalue weighted by Crippen LogP contribution is 2.31. The summed E-state index contributed by atoms with van der Waals surface area (Å²) in [6.07, 6.45) is 0. The van der Waals surface area contributed by atoms with Crippen molar-refractivity contribution in [2.24, 2.45) is 0 Å². The number of hydrogen-bond donors (Lipinski definition) is 1. The number of nitrogens with zero attached hydrogens (tertiary/aromatic N) is 1. The van der Waals surface area contributed by atoms with E-state index in [4.69, 9.17) is 25.6 Å². The molecule has 0 atom stereocenters. The Balaban J connectivity index is 1.75. The normalized spacial score (nSPS) is 10.6. The van der Waals surface area contributed by atoms with Crippen LogP contribution in [0.2, 0.25) is 5.02 Å². The van der Waals surface area contributed by atoms with Crippen molar-refractivity contribution in [2.45, 2.75) is 6.92 Å². The molecule has 3 aromatic rings. The minimum absolute atomic E-state index is 0.172. The molecular formula is C21H19ClN2O5. The number of esters is 1. The molecule has 0 spiro atoms. The number of aromatic nitrogens is 1. The summed E-state index contributed by atoms with van der Waals surface area (Å²) in [6, 6.07) is 13.4. The van der Waals surface area contributed by atoms with Crippen molar-refractivity contribution in [3.05, 3.63) is 70.4 Å². The highest BCUT2D eigenvalue weighted by Gasteiger charge is 2.23. The second kappa shape index (κ2) is 9.36. The van der Waals surface area contributed by atoms with Gasteiger partial charge < -0.3 is 19.3 Å². The van der Waals surface area contributed by atoms with Gasteiger partial charge in [-0.25, -0.2) is 4.79 Å². The van der Waals surface area contributed by atoms with E-state index in [1.165, 1.54) is 7.11 Å². The van der Waals surface area contributed by atoms with E-state index in [0.717, 1.165) is 0 Å². The van der Waals surface area contributed by atoms with Crippen LogP contribution in [0.25, 0.3) is 11.3 Å². The molecule has 1 heterocycles. The summed E-state index contributed by atoms with van der Waals surface area (Å²) in [6.45, 7) is 2.15. The highest BCUT2D eigenvalue weighted by atomic mass is 35.5. The van der Waals surface area contributed by atoms with Crippen molar-refractivity contribution in [1.29, 1.82) is 0 Å². The monoisotopic (exact) mass is 414 g/mol. The number of anilines is 1. The Labute approximate surface area is 172 Å². The number of benzene rings is 2. The summed E-state index contributed by atoms with van der Waals surface area (Å²) >= 11 is 6.23. The van der Waals surface area contributed by atoms with Gasteiger partial charge in [0.1, 0.15) is 23.6 Å². The Kier molecular flexibility index (Phi) is 6.64. The van der Waals surface area contributed by atoms with E-state index >= 15 is 0 Å². The van der Waals surface area contributed by atoms with E-state index in [1.807, 2.05) is 0 Å². The third-order valence-corrected chi connectivity index (χ3v) is 4.45. The fourth-order valence-electron chi connectivity index (χ4n) is 2.66. The van der Waals surface area contributed by atoms with E-state index in [-0.39, 0.29) is 6.61 Å². The molecule has 0 saturated carbocycles. The molecule has 3 rings (SSSR count). The number of halogens is 1. The third-order valence-electron chi connectivity index (χ3n) is 4.12. The molecule has 1 amide bonds. The van der Waals surface area contributed by atoms with Crippen LogP contribution in [-0.2, 0) is 9.47 Å². The van der Waals surface area contributed by atoms with Crippen LogP contribution < -0.4 is 5.32 Å². The molecule has 0 aliphatic heterocycles. The number of rotatable bonds is 7. The zero-order chi connectivity index (χ0) is 20.8. The van der Waals surface area contributed by atoms with Crippen LogP contribution in [-0.4, -0.2) is 37.4 Å². The third kappa shape index (κ3) is 4.82. The summed E-state index contributed by atoms with van der Waals surface area (Å²) in [4.78, 5) is 24.8. The van der Waals surface area contributed by atoms with Gasteiger partial charge in [-0.3, -0.25) is 4.79 Å². The number of carbonyl (C=O) groups excluding carboxylic acids is 2. The van der Waals surface area contributed by atoms with Crippen molar-refractivity contribution in [3.8, 4) is 11.3 Å². The van der Waals surface area contributed by atoms with Gasteiger partial charge in [-0.2, -0.15) is 0 Å². The van der Waals surface area contributed by atoms with Gasteiger partial charge in [0.15, 0.2) is 0 Å². The zero-order valence-electron chi connectivity index (χ0n) is 15.9. The average molecular weight is 415 g/mol. The van der Waals surface area contributed by atoms with E-state index in [9.17, 15) is 9.59 Å². The summed E-state index contributed by atoms with van der Waals surface area (Å²) in [5.41, 5.74) is 2.14. The topological polar surface area (TPSA) is 90.7 Å². The summed E-state index contributed by atoms with van der Waals surface area (Å²) < 4.78 is 15.1. The number of hydrogen-bond acceptors (Lipinski definition) is 6. The van der Waals surface area contributed by atoms with Gasteiger partial charge in [0, 0.05) is 18.4 Å². The summed E-state index contributed by atoms with van der Waals surface area (Å²) in [5, 5.41) is 7.23. The van der Waals surface area contributed by atoms with Crippen molar-refractivity contribution >= 4 is 29.2 Å². The summed E-state index contributed by atoms with van der Waals surface area (Å²) in [5.74, 6) is -0.485. The Hall–Kier alpha value is -3.16. The second-order valence-electron chi connectivity index (χ2n) is 6.10. The van der Waals surface area contributed by atoms with Gasteiger partial charge in [-0.05, 0) is 37.3 Å². The molecule has 0 unspecified atom stereocenters. The lowest BCUT2D eigenvalue weighted by atomic mass is 10.1. The maximum Gasteiger partial charge on any atom is 0.338 e. The molecule has 29 heavy (non-hydrogen) atoms. The predicted molar refractivity (Wildman–Crippen MR) is 108 cm³/mol.